The van der Waals surface area contributed by atoms with Crippen LogP contribution in [-0.4, -0.2) is 46.1 Å². The molecule has 0 fully saturated rings. The highest BCUT2D eigenvalue weighted by molar-refractivity contribution is 9.10. The van der Waals surface area contributed by atoms with Gasteiger partial charge in [0.15, 0.2) is 11.5 Å². The molecule has 5 N–H and O–H groups in total. The number of aromatic amines is 2. The Balaban J connectivity index is 1.85. The maximum atomic E-state index is 11.7. The van der Waals surface area contributed by atoms with Gasteiger partial charge in [0.2, 0.25) is 11.7 Å². The Morgan fingerprint density at radius 3 is 2.92 bits per heavy atom. The van der Waals surface area contributed by atoms with Crippen molar-refractivity contribution >= 4 is 33.9 Å². The molecule has 0 radical (unpaired) electrons. The first-order chi connectivity index (χ1) is 12.4. The predicted molar refractivity (Wildman–Crippen MR) is 96.7 cm³/mol. The summed E-state index contributed by atoms with van der Waals surface area (Å²) in [5.74, 6) is -0.289. The van der Waals surface area contributed by atoms with E-state index >= 15 is 0 Å². The molecule has 0 aliphatic heterocycles. The third-order valence-corrected chi connectivity index (χ3v) is 3.91. The van der Waals surface area contributed by atoms with E-state index in [1.807, 2.05) is 4.98 Å². The van der Waals surface area contributed by atoms with Gasteiger partial charge < -0.3 is 15.2 Å². The highest BCUT2D eigenvalue weighted by Crippen LogP contribution is 2.35. The Morgan fingerprint density at radius 2 is 2.23 bits per heavy atom. The van der Waals surface area contributed by atoms with Gasteiger partial charge in [0, 0.05) is 18.5 Å². The molecule has 0 bridgehead atoms. The molecule has 1 aromatic heterocycles. The van der Waals surface area contributed by atoms with Crippen molar-refractivity contribution in [2.45, 2.75) is 6.42 Å². The van der Waals surface area contributed by atoms with Crippen LogP contribution in [0.4, 0.5) is 5.82 Å². The summed E-state index contributed by atoms with van der Waals surface area (Å²) in [5.41, 5.74) is 1.44. The van der Waals surface area contributed by atoms with Gasteiger partial charge in [-0.2, -0.15) is 5.10 Å². The number of anilines is 1. The van der Waals surface area contributed by atoms with Crippen LogP contribution in [0.15, 0.2) is 31.3 Å². The topological polar surface area (TPSA) is 162 Å². The van der Waals surface area contributed by atoms with Gasteiger partial charge in [-0.25, -0.2) is 15.3 Å². The summed E-state index contributed by atoms with van der Waals surface area (Å²) in [5, 5.41) is 21.9. The summed E-state index contributed by atoms with van der Waals surface area (Å²) < 4.78 is 5.34. The molecule has 0 atom stereocenters. The van der Waals surface area contributed by atoms with Gasteiger partial charge in [-0.3, -0.25) is 14.6 Å². The van der Waals surface area contributed by atoms with Crippen LogP contribution in [0.3, 0.4) is 0 Å². The molecule has 0 aliphatic carbocycles. The largest absolute Gasteiger partial charge is 0.503 e. The molecule has 12 heteroatoms. The molecular formula is C14H15BrN6O5. The maximum absolute atomic E-state index is 11.7. The number of aromatic hydroxyl groups is 1. The molecular weight excluding hydrogens is 412 g/mol. The van der Waals surface area contributed by atoms with Crippen molar-refractivity contribution in [1.29, 1.82) is 0 Å². The molecule has 1 aromatic carbocycles. The molecule has 138 valence electrons. The molecule has 0 aliphatic rings. The number of rotatable bonds is 7. The second kappa shape index (κ2) is 8.80. The third kappa shape index (κ3) is 4.92. The lowest BCUT2D eigenvalue weighted by atomic mass is 10.2. The van der Waals surface area contributed by atoms with Crippen molar-refractivity contribution in [3.63, 3.8) is 0 Å². The van der Waals surface area contributed by atoms with E-state index < -0.39 is 17.2 Å². The number of carbonyl (C=O) groups is 1. The van der Waals surface area contributed by atoms with Crippen LogP contribution >= 0.6 is 15.9 Å². The average Bonchev–Trinajstić information content (AvgIpc) is 2.60. The summed E-state index contributed by atoms with van der Waals surface area (Å²) in [6, 6.07) is 3.20. The normalized spacial score (nSPS) is 10.7. The van der Waals surface area contributed by atoms with Crippen LogP contribution < -0.4 is 26.7 Å². The van der Waals surface area contributed by atoms with Crippen LogP contribution in [0.25, 0.3) is 0 Å². The third-order valence-electron chi connectivity index (χ3n) is 3.08. The van der Waals surface area contributed by atoms with Crippen LogP contribution in [0.5, 0.6) is 11.5 Å². The van der Waals surface area contributed by atoms with Gasteiger partial charge in [0.25, 0.3) is 5.56 Å². The van der Waals surface area contributed by atoms with E-state index in [4.69, 9.17) is 4.74 Å². The molecule has 26 heavy (non-hydrogen) atoms. The van der Waals surface area contributed by atoms with E-state index in [9.17, 15) is 19.5 Å². The highest BCUT2D eigenvalue weighted by Gasteiger charge is 2.09. The molecule has 0 saturated heterocycles. The van der Waals surface area contributed by atoms with Crippen LogP contribution in [0.2, 0.25) is 0 Å². The van der Waals surface area contributed by atoms with Gasteiger partial charge in [-0.1, -0.05) is 0 Å². The minimum atomic E-state index is -0.719. The van der Waals surface area contributed by atoms with Crippen molar-refractivity contribution in [3.8, 4) is 11.5 Å². The fourth-order valence-corrected chi connectivity index (χ4v) is 2.25. The van der Waals surface area contributed by atoms with Crippen molar-refractivity contribution in [2.75, 3.05) is 19.0 Å². The maximum Gasteiger partial charge on any atom is 0.342 e. The molecule has 0 spiro atoms. The number of halogens is 1. The fraction of sp³-hybridized carbons (Fsp3) is 0.214. The quantitative estimate of drug-likeness (QED) is 0.304. The van der Waals surface area contributed by atoms with Gasteiger partial charge in [-0.05, 0) is 28.1 Å². The Labute approximate surface area is 154 Å². The number of carbonyl (C=O) groups excluding carboxylic acids is 1. The predicted octanol–water partition coefficient (Wildman–Crippen LogP) is -0.113. The van der Waals surface area contributed by atoms with Crippen LogP contribution in [0.1, 0.15) is 12.0 Å². The summed E-state index contributed by atoms with van der Waals surface area (Å²) in [6.07, 6.45) is 1.36. The Morgan fingerprint density at radius 1 is 1.46 bits per heavy atom. The number of phenols is 1. The summed E-state index contributed by atoms with van der Waals surface area (Å²) in [7, 11) is 1.43. The zero-order valence-corrected chi connectivity index (χ0v) is 15.1. The zero-order chi connectivity index (χ0) is 19.1. The summed E-state index contributed by atoms with van der Waals surface area (Å²) in [6.45, 7) is 0.108. The minimum absolute atomic E-state index is 0.00657. The van der Waals surface area contributed by atoms with Gasteiger partial charge in [-0.15, -0.1) is 5.10 Å². The number of methoxy groups -OCH3 is 1. The van der Waals surface area contributed by atoms with E-state index in [0.717, 1.165) is 0 Å². The second-order valence-corrected chi connectivity index (χ2v) is 5.64. The number of nitrogens with zero attached hydrogens (tertiary/aromatic N) is 2. The molecule has 11 nitrogen and oxygen atoms in total. The number of nitrogens with one attached hydrogen (secondary N) is 4. The van der Waals surface area contributed by atoms with E-state index in [-0.39, 0.29) is 24.5 Å². The average molecular weight is 427 g/mol. The number of phenolic OH excluding ortho intramolecular Hbond substituents is 1. The number of amides is 1. The fourth-order valence-electron chi connectivity index (χ4n) is 1.82. The van der Waals surface area contributed by atoms with Crippen molar-refractivity contribution in [2.24, 2.45) is 5.10 Å². The molecule has 1 heterocycles. The number of hydrogen-bond acceptors (Lipinski definition) is 8. The summed E-state index contributed by atoms with van der Waals surface area (Å²) in [4.78, 5) is 35.9. The lowest BCUT2D eigenvalue weighted by Gasteiger charge is -2.07. The van der Waals surface area contributed by atoms with Crippen molar-refractivity contribution in [3.05, 3.63) is 43.0 Å². The minimum Gasteiger partial charge on any atom is -0.503 e. The number of benzene rings is 1. The van der Waals surface area contributed by atoms with Gasteiger partial charge in [0.1, 0.15) is 0 Å². The van der Waals surface area contributed by atoms with Crippen molar-refractivity contribution in [1.82, 2.24) is 20.6 Å². The van der Waals surface area contributed by atoms with E-state index in [0.29, 0.717) is 15.8 Å². The van der Waals surface area contributed by atoms with Gasteiger partial charge >= 0.3 is 5.69 Å². The number of hydrogen-bond donors (Lipinski definition) is 5. The Bertz CT molecular complexity index is 938. The highest BCUT2D eigenvalue weighted by atomic mass is 79.9. The number of aromatic nitrogens is 3. The SMILES string of the molecule is COc1ccc(/C=N/NC(=O)CCNc2n[nH]c(=O)[nH]c2=O)c(Br)c1O. The number of hydrazone groups is 1. The Hall–Kier alpha value is -3.15. The first-order valence-electron chi connectivity index (χ1n) is 7.22. The smallest absolute Gasteiger partial charge is 0.342 e. The Kier molecular flexibility index (Phi) is 6.49. The standard InChI is InChI=1S/C14H15BrN6O5/c1-26-8-3-2-7(10(15)11(8)23)6-17-19-9(22)4-5-16-12-13(24)18-14(25)21-20-12/h2-3,6,23H,4-5H2,1H3,(H,16,20)(H,19,22)(H2,18,21,24,25)/b17-6+. The molecule has 0 saturated carbocycles. The van der Waals surface area contributed by atoms with Crippen LogP contribution in [0, 0.1) is 0 Å². The monoisotopic (exact) mass is 426 g/mol. The van der Waals surface area contributed by atoms with Gasteiger partial charge in [0.05, 0.1) is 17.8 Å². The van der Waals surface area contributed by atoms with E-state index in [2.05, 4.69) is 42.0 Å². The van der Waals surface area contributed by atoms with E-state index in [1.165, 1.54) is 13.3 Å². The summed E-state index contributed by atoms with van der Waals surface area (Å²) >= 11 is 3.21. The lowest BCUT2D eigenvalue weighted by Crippen LogP contribution is -2.28. The lowest BCUT2D eigenvalue weighted by molar-refractivity contribution is -0.120. The van der Waals surface area contributed by atoms with Crippen LogP contribution in [-0.2, 0) is 4.79 Å². The second-order valence-electron chi connectivity index (χ2n) is 4.85. The first kappa shape index (κ1) is 19.2. The molecule has 2 aromatic rings. The molecule has 1 amide bonds. The number of ether oxygens (including phenoxy) is 1. The molecule has 0 unspecified atom stereocenters. The van der Waals surface area contributed by atoms with E-state index in [1.54, 1.807) is 12.1 Å². The molecule has 2 rings (SSSR count). The first-order valence-corrected chi connectivity index (χ1v) is 8.02. The number of H-pyrrole nitrogens is 2. The van der Waals surface area contributed by atoms with Crippen molar-refractivity contribution < 1.29 is 14.6 Å². The zero-order valence-electron chi connectivity index (χ0n) is 13.5.